The van der Waals surface area contributed by atoms with E-state index in [0.717, 1.165) is 12.1 Å². The van der Waals surface area contributed by atoms with E-state index in [-0.39, 0.29) is 16.1 Å². The van der Waals surface area contributed by atoms with Crippen LogP contribution in [0, 0.1) is 0 Å². The van der Waals surface area contributed by atoms with Crippen molar-refractivity contribution in [2.75, 3.05) is 18.5 Å². The van der Waals surface area contributed by atoms with Gasteiger partial charge in [0.2, 0.25) is 10.0 Å². The second kappa shape index (κ2) is 5.75. The number of hydrogen-bond donors (Lipinski definition) is 5. The number of nitrogens with one attached hydrogen (secondary N) is 1. The Hall–Kier alpha value is -1.68. The highest BCUT2D eigenvalue weighted by atomic mass is 32.2. The molecule has 6 N–H and O–H groups in total. The first kappa shape index (κ1) is 16.4. The van der Waals surface area contributed by atoms with Crippen molar-refractivity contribution in [1.29, 1.82) is 0 Å². The van der Waals surface area contributed by atoms with E-state index in [2.05, 4.69) is 5.32 Å². The molecule has 112 valence electrons. The molecule has 0 amide bonds. The van der Waals surface area contributed by atoms with Crippen LogP contribution in [0.2, 0.25) is 0 Å². The summed E-state index contributed by atoms with van der Waals surface area (Å²) < 4.78 is 22.4. The molecule has 0 atom stereocenters. The van der Waals surface area contributed by atoms with Gasteiger partial charge in [-0.05, 0) is 25.1 Å². The van der Waals surface area contributed by atoms with Crippen LogP contribution in [0.25, 0.3) is 0 Å². The number of rotatable bonds is 6. The van der Waals surface area contributed by atoms with E-state index < -0.39 is 34.7 Å². The minimum Gasteiger partial charge on any atom is -0.478 e. The Morgan fingerprint density at radius 1 is 1.35 bits per heavy atom. The maximum Gasteiger partial charge on any atom is 0.337 e. The first-order valence-electron chi connectivity index (χ1n) is 5.53. The van der Waals surface area contributed by atoms with Gasteiger partial charge in [0.25, 0.3) is 0 Å². The third kappa shape index (κ3) is 3.67. The molecule has 0 unspecified atom stereocenters. The lowest BCUT2D eigenvalue weighted by molar-refractivity contribution is 0.0697. The van der Waals surface area contributed by atoms with Crippen LogP contribution in [0.5, 0.6) is 0 Å². The van der Waals surface area contributed by atoms with E-state index in [9.17, 15) is 23.4 Å². The molecule has 1 aromatic carbocycles. The Balaban J connectivity index is 3.32. The van der Waals surface area contributed by atoms with Crippen molar-refractivity contribution in [1.82, 2.24) is 0 Å². The summed E-state index contributed by atoms with van der Waals surface area (Å²) in [4.78, 5) is 10.8. The summed E-state index contributed by atoms with van der Waals surface area (Å²) >= 11 is 0. The van der Waals surface area contributed by atoms with Crippen molar-refractivity contribution >= 4 is 21.7 Å². The fourth-order valence-corrected chi connectivity index (χ4v) is 1.98. The molecule has 0 heterocycles. The molecule has 0 saturated heterocycles. The van der Waals surface area contributed by atoms with E-state index in [1.807, 2.05) is 0 Å². The van der Waals surface area contributed by atoms with Gasteiger partial charge in [-0.3, -0.25) is 0 Å². The van der Waals surface area contributed by atoms with Crippen LogP contribution in [0.15, 0.2) is 23.1 Å². The number of sulfonamides is 1. The van der Waals surface area contributed by atoms with Crippen LogP contribution in [-0.2, 0) is 10.0 Å². The van der Waals surface area contributed by atoms with Crippen molar-refractivity contribution in [2.45, 2.75) is 17.4 Å². The average molecular weight is 304 g/mol. The number of nitrogens with two attached hydrogens (primary N) is 1. The summed E-state index contributed by atoms with van der Waals surface area (Å²) in [5.74, 6) is -1.36. The Labute approximate surface area is 115 Å². The van der Waals surface area contributed by atoms with E-state index >= 15 is 0 Å². The molecular formula is C11H16N2O6S. The summed E-state index contributed by atoms with van der Waals surface area (Å²) in [7, 11) is -4.02. The van der Waals surface area contributed by atoms with Crippen LogP contribution >= 0.6 is 0 Å². The summed E-state index contributed by atoms with van der Waals surface area (Å²) in [6.07, 6.45) is 0. The molecule has 9 heteroatoms. The second-order valence-electron chi connectivity index (χ2n) is 4.56. The standard InChI is InChI=1S/C11H16N2O6S/c1-11(5-14,6-15)13-9-3-2-7(20(12,18)19)4-8(9)10(16)17/h2-4,13-15H,5-6H2,1H3,(H,16,17)(H2,12,18,19). The molecule has 0 saturated carbocycles. The number of aliphatic hydroxyl groups is 2. The number of aromatic carboxylic acids is 1. The highest BCUT2D eigenvalue weighted by Crippen LogP contribution is 2.23. The Kier molecular flexibility index (Phi) is 4.71. The van der Waals surface area contributed by atoms with Crippen molar-refractivity contribution in [2.24, 2.45) is 5.14 Å². The molecule has 0 bridgehead atoms. The van der Waals surface area contributed by atoms with Crippen molar-refractivity contribution < 1.29 is 28.5 Å². The van der Waals surface area contributed by atoms with Crippen LogP contribution in [0.3, 0.4) is 0 Å². The highest BCUT2D eigenvalue weighted by Gasteiger charge is 2.25. The molecule has 0 aliphatic rings. The molecule has 0 spiro atoms. The molecule has 0 fully saturated rings. The fourth-order valence-electron chi connectivity index (χ4n) is 1.44. The van der Waals surface area contributed by atoms with Gasteiger partial charge in [-0.15, -0.1) is 0 Å². The topological polar surface area (TPSA) is 150 Å². The first-order valence-corrected chi connectivity index (χ1v) is 7.07. The number of anilines is 1. The van der Waals surface area contributed by atoms with Gasteiger partial charge in [-0.2, -0.15) is 0 Å². The molecule has 1 aromatic rings. The SMILES string of the molecule is CC(CO)(CO)Nc1ccc(S(N)(=O)=O)cc1C(=O)O. The third-order valence-corrected chi connectivity index (χ3v) is 3.60. The van der Waals surface area contributed by atoms with Crippen LogP contribution in [-0.4, -0.2) is 48.5 Å². The van der Waals surface area contributed by atoms with Gasteiger partial charge in [0.15, 0.2) is 0 Å². The van der Waals surface area contributed by atoms with Crippen molar-refractivity contribution in [3.05, 3.63) is 23.8 Å². The zero-order valence-electron chi connectivity index (χ0n) is 10.7. The van der Waals surface area contributed by atoms with Crippen molar-refractivity contribution in [3.8, 4) is 0 Å². The maximum atomic E-state index is 11.2. The lowest BCUT2D eigenvalue weighted by atomic mass is 10.0. The predicted molar refractivity (Wildman–Crippen MR) is 71.0 cm³/mol. The number of carbonyl (C=O) groups is 1. The first-order chi connectivity index (χ1) is 9.13. The number of hydrogen-bond acceptors (Lipinski definition) is 6. The Morgan fingerprint density at radius 2 is 1.90 bits per heavy atom. The minimum atomic E-state index is -4.02. The summed E-state index contributed by atoms with van der Waals surface area (Å²) in [5.41, 5.74) is -1.41. The Morgan fingerprint density at radius 3 is 2.30 bits per heavy atom. The van der Waals surface area contributed by atoms with E-state index in [1.165, 1.54) is 13.0 Å². The zero-order chi connectivity index (χ0) is 15.6. The second-order valence-corrected chi connectivity index (χ2v) is 6.12. The summed E-state index contributed by atoms with van der Waals surface area (Å²) in [6, 6.07) is 3.27. The van der Waals surface area contributed by atoms with Gasteiger partial charge in [0.1, 0.15) is 0 Å². The van der Waals surface area contributed by atoms with E-state index in [1.54, 1.807) is 0 Å². The fraction of sp³-hybridized carbons (Fsp3) is 0.364. The van der Waals surface area contributed by atoms with Crippen LogP contribution in [0.4, 0.5) is 5.69 Å². The van der Waals surface area contributed by atoms with E-state index in [0.29, 0.717) is 0 Å². The number of carboxylic acids is 1. The molecule has 0 aliphatic heterocycles. The molecule has 0 radical (unpaired) electrons. The minimum absolute atomic E-state index is 0.0653. The van der Waals surface area contributed by atoms with Gasteiger partial charge < -0.3 is 20.6 Å². The normalized spacial score (nSPS) is 12.2. The molecule has 1 rings (SSSR count). The monoisotopic (exact) mass is 304 g/mol. The molecular weight excluding hydrogens is 288 g/mol. The van der Waals surface area contributed by atoms with Gasteiger partial charge in [0, 0.05) is 5.69 Å². The molecule has 0 aliphatic carbocycles. The van der Waals surface area contributed by atoms with Gasteiger partial charge in [0.05, 0.1) is 29.2 Å². The lowest BCUT2D eigenvalue weighted by Gasteiger charge is -2.28. The van der Waals surface area contributed by atoms with Gasteiger partial charge >= 0.3 is 5.97 Å². The number of primary sulfonamides is 1. The number of aliphatic hydroxyl groups excluding tert-OH is 2. The Bertz CT molecular complexity index is 609. The smallest absolute Gasteiger partial charge is 0.337 e. The maximum absolute atomic E-state index is 11.2. The third-order valence-electron chi connectivity index (χ3n) is 2.68. The van der Waals surface area contributed by atoms with Gasteiger partial charge in [-0.1, -0.05) is 0 Å². The molecule has 0 aromatic heterocycles. The number of benzene rings is 1. The highest BCUT2D eigenvalue weighted by molar-refractivity contribution is 7.89. The quantitative estimate of drug-likeness (QED) is 0.461. The summed E-state index contributed by atoms with van der Waals surface area (Å²) in [6.45, 7) is 0.589. The molecule has 8 nitrogen and oxygen atoms in total. The van der Waals surface area contributed by atoms with Crippen LogP contribution in [0.1, 0.15) is 17.3 Å². The summed E-state index contributed by atoms with van der Waals surface area (Å²) in [5, 5.41) is 35.0. The van der Waals surface area contributed by atoms with Crippen LogP contribution < -0.4 is 10.5 Å². The number of carboxylic acid groups (broad SMARTS) is 1. The average Bonchev–Trinajstić information content (AvgIpc) is 2.37. The van der Waals surface area contributed by atoms with Gasteiger partial charge in [-0.25, -0.2) is 18.4 Å². The molecule has 20 heavy (non-hydrogen) atoms. The predicted octanol–water partition coefficient (Wildman–Crippen LogP) is -0.813. The largest absolute Gasteiger partial charge is 0.478 e. The van der Waals surface area contributed by atoms with Crippen molar-refractivity contribution in [3.63, 3.8) is 0 Å². The lowest BCUT2D eigenvalue weighted by Crippen LogP contribution is -2.43. The van der Waals surface area contributed by atoms with E-state index in [4.69, 9.17) is 10.2 Å². The zero-order valence-corrected chi connectivity index (χ0v) is 11.5.